The fraction of sp³-hybridized carbons (Fsp3) is 0.364. The van der Waals surface area contributed by atoms with Crippen LogP contribution < -0.4 is 10.1 Å². The van der Waals surface area contributed by atoms with Crippen LogP contribution in [0.25, 0.3) is 0 Å². The maximum Gasteiger partial charge on any atom is 0.225 e. The Labute approximate surface area is 94.4 Å². The van der Waals surface area contributed by atoms with E-state index in [1.807, 2.05) is 25.1 Å². The van der Waals surface area contributed by atoms with Crippen LogP contribution in [-0.2, 0) is 4.79 Å². The molecule has 0 fully saturated rings. The van der Waals surface area contributed by atoms with Crippen LogP contribution in [0.1, 0.15) is 12.0 Å². The van der Waals surface area contributed by atoms with Crippen molar-refractivity contribution in [1.29, 1.82) is 0 Å². The third kappa shape index (κ3) is 3.44. The largest absolute Gasteiger partial charge is 0.495 e. The number of hydrogen-bond donors (Lipinski definition) is 1. The number of aryl methyl sites for hydroxylation is 1. The van der Waals surface area contributed by atoms with Crippen LogP contribution in [0.2, 0.25) is 0 Å². The van der Waals surface area contributed by atoms with Crippen LogP contribution in [0, 0.1) is 6.92 Å². The van der Waals surface area contributed by atoms with E-state index in [-0.39, 0.29) is 5.91 Å². The van der Waals surface area contributed by atoms with Crippen LogP contribution in [0.3, 0.4) is 0 Å². The molecular weight excluding hydrogens is 214 g/mol. The maximum absolute atomic E-state index is 11.3. The minimum absolute atomic E-state index is 0.104. The Morgan fingerprint density at radius 3 is 2.87 bits per heavy atom. The molecule has 0 saturated carbocycles. The first-order chi connectivity index (χ1) is 7.17. The normalized spacial score (nSPS) is 9.80. The van der Waals surface area contributed by atoms with E-state index in [2.05, 4.69) is 5.32 Å². The molecule has 82 valence electrons. The lowest BCUT2D eigenvalue weighted by molar-refractivity contribution is -0.115. The van der Waals surface area contributed by atoms with Gasteiger partial charge in [-0.2, -0.15) is 0 Å². The third-order valence-electron chi connectivity index (χ3n) is 1.95. The predicted molar refractivity (Wildman–Crippen MR) is 61.7 cm³/mol. The summed E-state index contributed by atoms with van der Waals surface area (Å²) in [6, 6.07) is 5.61. The maximum atomic E-state index is 11.3. The molecule has 0 aliphatic rings. The molecule has 0 aliphatic heterocycles. The first-order valence-electron chi connectivity index (χ1n) is 4.68. The van der Waals surface area contributed by atoms with Gasteiger partial charge in [-0.05, 0) is 24.6 Å². The number of methoxy groups -OCH3 is 1. The Bertz CT molecular complexity index is 352. The van der Waals surface area contributed by atoms with Crippen molar-refractivity contribution in [2.24, 2.45) is 0 Å². The van der Waals surface area contributed by atoms with Crippen molar-refractivity contribution in [3.05, 3.63) is 23.8 Å². The summed E-state index contributed by atoms with van der Waals surface area (Å²) in [5.41, 5.74) is 1.76. The van der Waals surface area contributed by atoms with Gasteiger partial charge in [0.05, 0.1) is 12.8 Å². The summed E-state index contributed by atoms with van der Waals surface area (Å²) in [6.45, 7) is 1.97. The minimum atomic E-state index is -0.104. The molecule has 0 aliphatic carbocycles. The number of halogens is 1. The van der Waals surface area contributed by atoms with Gasteiger partial charge in [-0.3, -0.25) is 4.79 Å². The number of ether oxygens (including phenoxy) is 1. The second kappa shape index (κ2) is 5.61. The summed E-state index contributed by atoms with van der Waals surface area (Å²) >= 11 is 5.47. The van der Waals surface area contributed by atoms with Crippen molar-refractivity contribution in [3.8, 4) is 5.75 Å². The van der Waals surface area contributed by atoms with Gasteiger partial charge >= 0.3 is 0 Å². The van der Waals surface area contributed by atoms with Gasteiger partial charge in [-0.1, -0.05) is 6.07 Å². The van der Waals surface area contributed by atoms with Gasteiger partial charge in [0.2, 0.25) is 5.91 Å². The summed E-state index contributed by atoms with van der Waals surface area (Å²) in [6.07, 6.45) is 0.304. The number of alkyl halides is 1. The van der Waals surface area contributed by atoms with E-state index in [4.69, 9.17) is 16.3 Å². The molecule has 0 aromatic heterocycles. The summed E-state index contributed by atoms with van der Waals surface area (Å²) in [7, 11) is 1.58. The Morgan fingerprint density at radius 1 is 1.53 bits per heavy atom. The third-order valence-corrected chi connectivity index (χ3v) is 2.14. The zero-order valence-electron chi connectivity index (χ0n) is 8.84. The number of anilines is 1. The molecule has 15 heavy (non-hydrogen) atoms. The van der Waals surface area contributed by atoms with Crippen LogP contribution in [-0.4, -0.2) is 18.9 Å². The number of carbonyl (C=O) groups is 1. The summed E-state index contributed by atoms with van der Waals surface area (Å²) in [5.74, 6) is 0.880. The predicted octanol–water partition coefficient (Wildman–Crippen LogP) is 2.57. The van der Waals surface area contributed by atoms with E-state index in [1.165, 1.54) is 0 Å². The second-order valence-electron chi connectivity index (χ2n) is 3.19. The topological polar surface area (TPSA) is 38.3 Å². The van der Waals surface area contributed by atoms with Crippen molar-refractivity contribution in [2.75, 3.05) is 18.3 Å². The lowest BCUT2D eigenvalue weighted by Gasteiger charge is -2.10. The highest BCUT2D eigenvalue weighted by Gasteiger charge is 2.06. The highest BCUT2D eigenvalue weighted by atomic mass is 35.5. The van der Waals surface area contributed by atoms with Crippen LogP contribution in [0.4, 0.5) is 5.69 Å². The first-order valence-corrected chi connectivity index (χ1v) is 5.21. The number of amides is 1. The Balaban J connectivity index is 2.80. The molecule has 0 bridgehead atoms. The van der Waals surface area contributed by atoms with E-state index in [9.17, 15) is 4.79 Å². The van der Waals surface area contributed by atoms with Gasteiger partial charge in [0.1, 0.15) is 5.75 Å². The van der Waals surface area contributed by atoms with Crippen molar-refractivity contribution in [2.45, 2.75) is 13.3 Å². The number of hydrogen-bond acceptors (Lipinski definition) is 2. The van der Waals surface area contributed by atoms with Gasteiger partial charge in [-0.15, -0.1) is 11.6 Å². The molecule has 4 heteroatoms. The molecule has 1 aromatic rings. The average molecular weight is 228 g/mol. The minimum Gasteiger partial charge on any atom is -0.495 e. The number of rotatable bonds is 4. The van der Waals surface area contributed by atoms with Crippen molar-refractivity contribution in [3.63, 3.8) is 0 Å². The zero-order valence-corrected chi connectivity index (χ0v) is 9.60. The van der Waals surface area contributed by atoms with Gasteiger partial charge in [0, 0.05) is 12.3 Å². The van der Waals surface area contributed by atoms with E-state index in [0.29, 0.717) is 23.7 Å². The fourth-order valence-electron chi connectivity index (χ4n) is 1.20. The summed E-state index contributed by atoms with van der Waals surface area (Å²) in [5, 5.41) is 2.74. The Hall–Kier alpha value is -1.22. The lowest BCUT2D eigenvalue weighted by Crippen LogP contribution is -2.12. The SMILES string of the molecule is COc1cc(C)ccc1NC(=O)CCCl. The van der Waals surface area contributed by atoms with E-state index in [0.717, 1.165) is 5.56 Å². The Kier molecular flexibility index (Phi) is 4.43. The van der Waals surface area contributed by atoms with Crippen LogP contribution in [0.5, 0.6) is 5.75 Å². The average Bonchev–Trinajstić information content (AvgIpc) is 2.21. The van der Waals surface area contributed by atoms with Crippen molar-refractivity contribution in [1.82, 2.24) is 0 Å². The van der Waals surface area contributed by atoms with E-state index in [1.54, 1.807) is 7.11 Å². The molecule has 3 nitrogen and oxygen atoms in total. The van der Waals surface area contributed by atoms with Gasteiger partial charge in [0.25, 0.3) is 0 Å². The molecule has 0 atom stereocenters. The van der Waals surface area contributed by atoms with Crippen molar-refractivity contribution < 1.29 is 9.53 Å². The highest BCUT2D eigenvalue weighted by Crippen LogP contribution is 2.25. The summed E-state index contributed by atoms with van der Waals surface area (Å²) in [4.78, 5) is 11.3. The molecule has 0 heterocycles. The molecule has 0 spiro atoms. The molecule has 0 saturated heterocycles. The fourth-order valence-corrected chi connectivity index (χ4v) is 1.37. The quantitative estimate of drug-likeness (QED) is 0.803. The molecule has 1 rings (SSSR count). The smallest absolute Gasteiger partial charge is 0.225 e. The van der Waals surface area contributed by atoms with Crippen LogP contribution in [0.15, 0.2) is 18.2 Å². The number of benzene rings is 1. The highest BCUT2D eigenvalue weighted by molar-refractivity contribution is 6.19. The monoisotopic (exact) mass is 227 g/mol. The van der Waals surface area contributed by atoms with Crippen molar-refractivity contribution >= 4 is 23.2 Å². The van der Waals surface area contributed by atoms with Gasteiger partial charge in [0.15, 0.2) is 0 Å². The van der Waals surface area contributed by atoms with E-state index < -0.39 is 0 Å². The van der Waals surface area contributed by atoms with Gasteiger partial charge in [-0.25, -0.2) is 0 Å². The lowest BCUT2D eigenvalue weighted by atomic mass is 10.2. The van der Waals surface area contributed by atoms with E-state index >= 15 is 0 Å². The molecule has 0 radical (unpaired) electrons. The zero-order chi connectivity index (χ0) is 11.3. The molecular formula is C11H14ClNO2. The molecule has 1 N–H and O–H groups in total. The van der Waals surface area contributed by atoms with Gasteiger partial charge < -0.3 is 10.1 Å². The summed E-state index contributed by atoms with van der Waals surface area (Å²) < 4.78 is 5.16. The van der Waals surface area contributed by atoms with Crippen LogP contribution >= 0.6 is 11.6 Å². The second-order valence-corrected chi connectivity index (χ2v) is 3.57. The molecule has 1 amide bonds. The standard InChI is InChI=1S/C11H14ClNO2/c1-8-3-4-9(10(7-8)15-2)13-11(14)5-6-12/h3-4,7H,5-6H2,1-2H3,(H,13,14). The first kappa shape index (κ1) is 11.9. The molecule has 0 unspecified atom stereocenters. The molecule has 1 aromatic carbocycles. The number of nitrogens with one attached hydrogen (secondary N) is 1. The Morgan fingerprint density at radius 2 is 2.27 bits per heavy atom. The number of carbonyl (C=O) groups excluding carboxylic acids is 1.